The van der Waals surface area contributed by atoms with Crippen LogP contribution in [0.4, 0.5) is 0 Å². The van der Waals surface area contributed by atoms with Gasteiger partial charge in [0.15, 0.2) is 0 Å². The molecule has 0 aliphatic rings. The lowest BCUT2D eigenvalue weighted by Gasteiger charge is -2.10. The van der Waals surface area contributed by atoms with Crippen LogP contribution in [0.3, 0.4) is 0 Å². The van der Waals surface area contributed by atoms with Crippen molar-refractivity contribution in [2.45, 2.75) is 0 Å². The van der Waals surface area contributed by atoms with Crippen molar-refractivity contribution in [3.8, 4) is 5.69 Å². The molecule has 0 radical (unpaired) electrons. The molecule has 0 aliphatic carbocycles. The van der Waals surface area contributed by atoms with Crippen molar-refractivity contribution in [2.75, 3.05) is 0 Å². The monoisotopic (exact) mass is 337 g/mol. The van der Waals surface area contributed by atoms with Crippen LogP contribution in [0.25, 0.3) is 38.3 Å². The van der Waals surface area contributed by atoms with Crippen molar-refractivity contribution in [2.24, 2.45) is 0 Å². The van der Waals surface area contributed by atoms with E-state index in [4.69, 9.17) is 0 Å². The molecular formula is C22H16BNO2. The molecule has 4 aromatic carbocycles. The fourth-order valence-corrected chi connectivity index (χ4v) is 3.92. The lowest BCUT2D eigenvalue weighted by Crippen LogP contribution is -2.31. The molecule has 0 atom stereocenters. The molecular weight excluding hydrogens is 321 g/mol. The van der Waals surface area contributed by atoms with Gasteiger partial charge in [0.1, 0.15) is 0 Å². The molecule has 0 amide bonds. The molecule has 0 spiro atoms. The first-order valence-corrected chi connectivity index (χ1v) is 8.62. The van der Waals surface area contributed by atoms with Crippen molar-refractivity contribution in [3.63, 3.8) is 0 Å². The minimum absolute atomic E-state index is 0.506. The predicted molar refractivity (Wildman–Crippen MR) is 108 cm³/mol. The van der Waals surface area contributed by atoms with Gasteiger partial charge in [-0.25, -0.2) is 0 Å². The molecule has 0 fully saturated rings. The molecule has 1 heterocycles. The normalized spacial score (nSPS) is 11.5. The third-order valence-electron chi connectivity index (χ3n) is 5.00. The molecule has 1 aromatic heterocycles. The Morgan fingerprint density at radius 1 is 0.654 bits per heavy atom. The summed E-state index contributed by atoms with van der Waals surface area (Å²) in [5.74, 6) is 0. The number of hydrogen-bond donors (Lipinski definition) is 2. The van der Waals surface area contributed by atoms with Crippen LogP contribution in [0, 0.1) is 0 Å². The number of hydrogen-bond acceptors (Lipinski definition) is 2. The van der Waals surface area contributed by atoms with E-state index in [9.17, 15) is 10.0 Å². The summed E-state index contributed by atoms with van der Waals surface area (Å²) < 4.78 is 2.12. The van der Waals surface area contributed by atoms with E-state index < -0.39 is 7.12 Å². The summed E-state index contributed by atoms with van der Waals surface area (Å²) in [5.41, 5.74) is 3.39. The van der Waals surface area contributed by atoms with E-state index in [0.717, 1.165) is 32.9 Å². The summed E-state index contributed by atoms with van der Waals surface area (Å²) in [6, 6.07) is 28.3. The van der Waals surface area contributed by atoms with E-state index >= 15 is 0 Å². The first kappa shape index (κ1) is 15.2. The summed E-state index contributed by atoms with van der Waals surface area (Å²) in [4.78, 5) is 0. The average molecular weight is 337 g/mol. The van der Waals surface area contributed by atoms with E-state index in [0.29, 0.717) is 5.46 Å². The summed E-state index contributed by atoms with van der Waals surface area (Å²) in [6.07, 6.45) is 0. The summed E-state index contributed by atoms with van der Waals surface area (Å²) in [5, 5.41) is 24.4. The number of aromatic nitrogens is 1. The van der Waals surface area contributed by atoms with E-state index in [-0.39, 0.29) is 0 Å². The highest BCUT2D eigenvalue weighted by Crippen LogP contribution is 2.36. The quantitative estimate of drug-likeness (QED) is 0.483. The fraction of sp³-hybridized carbons (Fsp3) is 0. The van der Waals surface area contributed by atoms with Crippen molar-refractivity contribution < 1.29 is 10.0 Å². The van der Waals surface area contributed by atoms with Gasteiger partial charge in [-0.3, -0.25) is 0 Å². The SMILES string of the molecule is OB(O)c1cccc2c3c4ccccc4ccc3n(-c3ccccc3)c12. The second kappa shape index (κ2) is 5.73. The zero-order valence-electron chi connectivity index (χ0n) is 14.0. The predicted octanol–water partition coefficient (Wildman–Crippen LogP) is 3.62. The van der Waals surface area contributed by atoms with Gasteiger partial charge in [0.05, 0.1) is 11.0 Å². The van der Waals surface area contributed by atoms with Crippen molar-refractivity contribution >= 4 is 45.2 Å². The molecule has 3 nitrogen and oxygen atoms in total. The number of benzene rings is 4. The summed E-state index contributed by atoms with van der Waals surface area (Å²) >= 11 is 0. The van der Waals surface area contributed by atoms with E-state index in [2.05, 4.69) is 34.9 Å². The number of para-hydroxylation sites is 2. The Kier molecular flexibility index (Phi) is 3.35. The largest absolute Gasteiger partial charge is 0.490 e. The maximum atomic E-state index is 9.97. The van der Waals surface area contributed by atoms with Gasteiger partial charge in [-0.2, -0.15) is 0 Å². The molecule has 0 saturated heterocycles. The number of nitrogens with zero attached hydrogens (tertiary/aromatic N) is 1. The molecule has 0 unspecified atom stereocenters. The molecule has 5 aromatic rings. The van der Waals surface area contributed by atoms with Gasteiger partial charge in [-0.1, -0.05) is 66.7 Å². The Bertz CT molecular complexity index is 1260. The third kappa shape index (κ3) is 2.10. The Morgan fingerprint density at radius 3 is 2.19 bits per heavy atom. The highest BCUT2D eigenvalue weighted by atomic mass is 16.4. The highest BCUT2D eigenvalue weighted by molar-refractivity contribution is 6.62. The lowest BCUT2D eigenvalue weighted by molar-refractivity contribution is 0.426. The molecule has 4 heteroatoms. The topological polar surface area (TPSA) is 45.4 Å². The molecule has 26 heavy (non-hydrogen) atoms. The lowest BCUT2D eigenvalue weighted by atomic mass is 9.79. The van der Waals surface area contributed by atoms with Crippen LogP contribution in [0.1, 0.15) is 0 Å². The minimum atomic E-state index is -1.53. The fourth-order valence-electron chi connectivity index (χ4n) is 3.92. The summed E-state index contributed by atoms with van der Waals surface area (Å²) in [6.45, 7) is 0. The van der Waals surface area contributed by atoms with Gasteiger partial charge in [0.2, 0.25) is 0 Å². The van der Waals surface area contributed by atoms with Crippen LogP contribution < -0.4 is 5.46 Å². The van der Waals surface area contributed by atoms with Crippen molar-refractivity contribution in [3.05, 3.63) is 84.9 Å². The molecule has 0 bridgehead atoms. The van der Waals surface area contributed by atoms with Gasteiger partial charge in [0, 0.05) is 21.9 Å². The highest BCUT2D eigenvalue weighted by Gasteiger charge is 2.22. The molecule has 2 N–H and O–H groups in total. The van der Waals surface area contributed by atoms with E-state index in [1.165, 1.54) is 5.39 Å². The standard InChI is InChI=1S/C22H16BNO2/c25-23(26)19-12-6-11-18-21-17-10-5-4-7-15(17)13-14-20(21)24(22(18)19)16-8-2-1-3-9-16/h1-14,25-26H. The number of fused-ring (bicyclic) bond motifs is 5. The zero-order valence-corrected chi connectivity index (χ0v) is 14.0. The number of rotatable bonds is 2. The first-order chi connectivity index (χ1) is 12.8. The van der Waals surface area contributed by atoms with E-state index in [1.54, 1.807) is 6.07 Å². The van der Waals surface area contributed by atoms with Gasteiger partial charge in [-0.15, -0.1) is 0 Å². The van der Waals surface area contributed by atoms with Crippen LogP contribution in [-0.4, -0.2) is 21.7 Å². The van der Waals surface area contributed by atoms with E-state index in [1.807, 2.05) is 48.5 Å². The second-order valence-electron chi connectivity index (χ2n) is 6.47. The van der Waals surface area contributed by atoms with Gasteiger partial charge < -0.3 is 14.6 Å². The smallest absolute Gasteiger partial charge is 0.423 e. The second-order valence-corrected chi connectivity index (χ2v) is 6.47. The molecule has 0 aliphatic heterocycles. The van der Waals surface area contributed by atoms with Crippen molar-refractivity contribution in [1.29, 1.82) is 0 Å². The Balaban J connectivity index is 2.08. The molecule has 0 saturated carbocycles. The van der Waals surface area contributed by atoms with Gasteiger partial charge in [0.25, 0.3) is 0 Å². The van der Waals surface area contributed by atoms with Crippen LogP contribution in [0.5, 0.6) is 0 Å². The van der Waals surface area contributed by atoms with Crippen molar-refractivity contribution in [1.82, 2.24) is 4.57 Å². The van der Waals surface area contributed by atoms with Crippen LogP contribution >= 0.6 is 0 Å². The first-order valence-electron chi connectivity index (χ1n) is 8.62. The van der Waals surface area contributed by atoms with Gasteiger partial charge >= 0.3 is 7.12 Å². The maximum absolute atomic E-state index is 9.97. The van der Waals surface area contributed by atoms with Crippen LogP contribution in [0.15, 0.2) is 84.9 Å². The third-order valence-corrected chi connectivity index (χ3v) is 5.00. The summed E-state index contributed by atoms with van der Waals surface area (Å²) in [7, 11) is -1.53. The molecule has 124 valence electrons. The Hall–Kier alpha value is -3.08. The van der Waals surface area contributed by atoms with Gasteiger partial charge in [-0.05, 0) is 29.0 Å². The van der Waals surface area contributed by atoms with Crippen LogP contribution in [-0.2, 0) is 0 Å². The maximum Gasteiger partial charge on any atom is 0.490 e. The Morgan fingerprint density at radius 2 is 1.38 bits per heavy atom. The minimum Gasteiger partial charge on any atom is -0.423 e. The molecule has 5 rings (SSSR count). The zero-order chi connectivity index (χ0) is 17.7. The Labute approximate surface area is 150 Å². The van der Waals surface area contributed by atoms with Crippen LogP contribution in [0.2, 0.25) is 0 Å². The average Bonchev–Trinajstić information content (AvgIpc) is 3.03.